The van der Waals surface area contributed by atoms with E-state index in [-0.39, 0.29) is 30.0 Å². The molecule has 0 spiro atoms. The molecule has 1 aliphatic heterocycles. The van der Waals surface area contributed by atoms with E-state index in [4.69, 9.17) is 9.73 Å². The number of likely N-dealkylation sites (tertiary alicyclic amines) is 1. The summed E-state index contributed by atoms with van der Waals surface area (Å²) in [5.41, 5.74) is 1.24. The lowest BCUT2D eigenvalue weighted by Gasteiger charge is -2.28. The highest BCUT2D eigenvalue weighted by molar-refractivity contribution is 14.0. The molecule has 27 heavy (non-hydrogen) atoms. The first-order valence-corrected chi connectivity index (χ1v) is 9.88. The maximum Gasteiger partial charge on any atom is 0.191 e. The standard InChI is InChI=1S/C21H32N4O.HI/c1-3-22-21(24-17-10-4-5-11-17)23-16-19(25-14-8-9-15-25)18-12-6-7-13-20(18)26-2;/h4-7,12-13,17,19H,3,8-11,14-16H2,1-2H3,(H2,22,23,24);1H. The van der Waals surface area contributed by atoms with Crippen molar-refractivity contribution in [2.45, 2.75) is 44.7 Å². The summed E-state index contributed by atoms with van der Waals surface area (Å²) in [7, 11) is 1.75. The van der Waals surface area contributed by atoms with Crippen LogP contribution in [0.1, 0.15) is 44.2 Å². The Morgan fingerprint density at radius 2 is 1.93 bits per heavy atom. The molecule has 1 aromatic carbocycles. The monoisotopic (exact) mass is 484 g/mol. The van der Waals surface area contributed by atoms with Gasteiger partial charge in [-0.05, 0) is 51.8 Å². The van der Waals surface area contributed by atoms with E-state index < -0.39 is 0 Å². The molecule has 1 unspecified atom stereocenters. The Morgan fingerprint density at radius 3 is 2.59 bits per heavy atom. The van der Waals surface area contributed by atoms with Crippen LogP contribution in [0, 0.1) is 0 Å². The average molecular weight is 484 g/mol. The quantitative estimate of drug-likeness (QED) is 0.268. The second-order valence-corrected chi connectivity index (χ2v) is 7.00. The molecule has 150 valence electrons. The Hall–Kier alpha value is -1.28. The molecule has 0 aromatic heterocycles. The van der Waals surface area contributed by atoms with Gasteiger partial charge in [-0.25, -0.2) is 0 Å². The van der Waals surface area contributed by atoms with Crippen LogP contribution < -0.4 is 15.4 Å². The van der Waals surface area contributed by atoms with Crippen molar-refractivity contribution in [1.82, 2.24) is 15.5 Å². The molecule has 6 heteroatoms. The topological polar surface area (TPSA) is 48.9 Å². The highest BCUT2D eigenvalue weighted by Gasteiger charge is 2.26. The summed E-state index contributed by atoms with van der Waals surface area (Å²) >= 11 is 0. The molecule has 1 atom stereocenters. The van der Waals surface area contributed by atoms with Crippen molar-refractivity contribution in [2.75, 3.05) is 33.3 Å². The van der Waals surface area contributed by atoms with Crippen molar-refractivity contribution in [3.8, 4) is 5.75 Å². The van der Waals surface area contributed by atoms with E-state index in [9.17, 15) is 0 Å². The van der Waals surface area contributed by atoms with Gasteiger partial charge in [0.05, 0.1) is 19.7 Å². The predicted octanol–water partition coefficient (Wildman–Crippen LogP) is 3.72. The normalized spacial score (nSPS) is 19.0. The van der Waals surface area contributed by atoms with Gasteiger partial charge in [-0.1, -0.05) is 30.4 Å². The smallest absolute Gasteiger partial charge is 0.191 e. The van der Waals surface area contributed by atoms with Gasteiger partial charge >= 0.3 is 0 Å². The lowest BCUT2D eigenvalue weighted by molar-refractivity contribution is 0.245. The zero-order chi connectivity index (χ0) is 18.2. The van der Waals surface area contributed by atoms with Crippen LogP contribution in [0.4, 0.5) is 0 Å². The molecule has 1 aliphatic carbocycles. The average Bonchev–Trinajstić information content (AvgIpc) is 3.36. The Kier molecular flexibility index (Phi) is 9.41. The van der Waals surface area contributed by atoms with Crippen LogP contribution in [-0.2, 0) is 0 Å². The van der Waals surface area contributed by atoms with Gasteiger partial charge < -0.3 is 15.4 Å². The summed E-state index contributed by atoms with van der Waals surface area (Å²) in [6.45, 7) is 5.98. The maximum atomic E-state index is 5.63. The fourth-order valence-corrected chi connectivity index (χ4v) is 3.83. The van der Waals surface area contributed by atoms with Gasteiger partial charge in [0, 0.05) is 18.2 Å². The second-order valence-electron chi connectivity index (χ2n) is 7.00. The number of guanidine groups is 1. The zero-order valence-corrected chi connectivity index (χ0v) is 18.8. The van der Waals surface area contributed by atoms with Gasteiger partial charge in [0.15, 0.2) is 5.96 Å². The summed E-state index contributed by atoms with van der Waals surface area (Å²) in [4.78, 5) is 7.49. The first-order valence-electron chi connectivity index (χ1n) is 9.88. The molecular weight excluding hydrogens is 451 g/mol. The number of aliphatic imine (C=N–C) groups is 1. The third-order valence-electron chi connectivity index (χ3n) is 5.19. The number of methoxy groups -OCH3 is 1. The first kappa shape index (κ1) is 22.0. The van der Waals surface area contributed by atoms with Crippen LogP contribution in [0.2, 0.25) is 0 Å². The van der Waals surface area contributed by atoms with E-state index in [2.05, 4.69) is 52.8 Å². The van der Waals surface area contributed by atoms with Crippen LogP contribution in [-0.4, -0.2) is 50.2 Å². The summed E-state index contributed by atoms with van der Waals surface area (Å²) in [6, 6.07) is 9.08. The number of hydrogen-bond acceptors (Lipinski definition) is 3. The highest BCUT2D eigenvalue weighted by atomic mass is 127. The number of para-hydroxylation sites is 1. The molecule has 0 amide bonds. The minimum Gasteiger partial charge on any atom is -0.496 e. The van der Waals surface area contributed by atoms with E-state index >= 15 is 0 Å². The van der Waals surface area contributed by atoms with Crippen molar-refractivity contribution in [1.29, 1.82) is 0 Å². The second kappa shape index (κ2) is 11.5. The Labute approximate surface area is 180 Å². The lowest BCUT2D eigenvalue weighted by atomic mass is 10.0. The van der Waals surface area contributed by atoms with Crippen molar-refractivity contribution in [3.63, 3.8) is 0 Å². The minimum atomic E-state index is 0. The van der Waals surface area contributed by atoms with Crippen LogP contribution in [0.3, 0.4) is 0 Å². The number of benzene rings is 1. The molecule has 2 N–H and O–H groups in total. The van der Waals surface area contributed by atoms with Gasteiger partial charge in [-0.2, -0.15) is 0 Å². The van der Waals surface area contributed by atoms with E-state index in [1.54, 1.807) is 7.11 Å². The number of rotatable bonds is 7. The Bertz CT molecular complexity index is 620. The number of nitrogens with one attached hydrogen (secondary N) is 2. The fraction of sp³-hybridized carbons (Fsp3) is 0.571. The van der Waals surface area contributed by atoms with E-state index in [1.807, 2.05) is 6.07 Å². The molecule has 1 saturated heterocycles. The number of nitrogens with zero attached hydrogens (tertiary/aromatic N) is 2. The lowest BCUT2D eigenvalue weighted by Crippen LogP contribution is -2.43. The van der Waals surface area contributed by atoms with Crippen LogP contribution >= 0.6 is 24.0 Å². The summed E-state index contributed by atoms with van der Waals surface area (Å²) < 4.78 is 5.63. The minimum absolute atomic E-state index is 0. The molecular formula is C21H33IN4O. The molecule has 0 bridgehead atoms. The molecule has 1 fully saturated rings. The summed E-state index contributed by atoms with van der Waals surface area (Å²) in [5.74, 6) is 1.87. The molecule has 3 rings (SSSR count). The van der Waals surface area contributed by atoms with Crippen LogP contribution in [0.5, 0.6) is 5.75 Å². The molecule has 0 radical (unpaired) electrons. The third-order valence-corrected chi connectivity index (χ3v) is 5.19. The number of halogens is 1. The number of ether oxygens (including phenoxy) is 1. The first-order chi connectivity index (χ1) is 12.8. The van der Waals surface area contributed by atoms with E-state index in [0.717, 1.165) is 50.7 Å². The van der Waals surface area contributed by atoms with Gasteiger partial charge in [-0.3, -0.25) is 9.89 Å². The Morgan fingerprint density at radius 1 is 1.22 bits per heavy atom. The van der Waals surface area contributed by atoms with Crippen LogP contribution in [0.25, 0.3) is 0 Å². The van der Waals surface area contributed by atoms with E-state index in [0.29, 0.717) is 6.04 Å². The summed E-state index contributed by atoms with van der Waals surface area (Å²) in [5, 5.41) is 6.97. The van der Waals surface area contributed by atoms with Crippen LogP contribution in [0.15, 0.2) is 41.4 Å². The van der Waals surface area contributed by atoms with E-state index in [1.165, 1.54) is 18.4 Å². The molecule has 5 nitrogen and oxygen atoms in total. The SMILES string of the molecule is CCNC(=NCC(c1ccccc1OC)N1CCCC1)NC1CC=CC1.I. The zero-order valence-electron chi connectivity index (χ0n) is 16.5. The largest absolute Gasteiger partial charge is 0.496 e. The van der Waals surface area contributed by atoms with Crippen molar-refractivity contribution >= 4 is 29.9 Å². The van der Waals surface area contributed by atoms with Crippen molar-refractivity contribution < 1.29 is 4.74 Å². The summed E-state index contributed by atoms with van der Waals surface area (Å²) in [6.07, 6.45) is 9.16. The fourth-order valence-electron chi connectivity index (χ4n) is 3.83. The van der Waals surface area contributed by atoms with Crippen molar-refractivity contribution in [3.05, 3.63) is 42.0 Å². The molecule has 1 aromatic rings. The van der Waals surface area contributed by atoms with Crippen molar-refractivity contribution in [2.24, 2.45) is 4.99 Å². The van der Waals surface area contributed by atoms with Gasteiger partial charge in [-0.15, -0.1) is 24.0 Å². The van der Waals surface area contributed by atoms with Gasteiger partial charge in [0.1, 0.15) is 5.75 Å². The maximum absolute atomic E-state index is 5.63. The Balaban J connectivity index is 0.00000261. The highest BCUT2D eigenvalue weighted by Crippen LogP contribution is 2.31. The molecule has 0 saturated carbocycles. The van der Waals surface area contributed by atoms with Gasteiger partial charge in [0.2, 0.25) is 0 Å². The van der Waals surface area contributed by atoms with Gasteiger partial charge in [0.25, 0.3) is 0 Å². The molecule has 1 heterocycles. The molecule has 2 aliphatic rings. The third kappa shape index (κ3) is 6.10. The number of hydrogen-bond donors (Lipinski definition) is 2. The predicted molar refractivity (Wildman–Crippen MR) is 123 cm³/mol.